The fraction of sp³-hybridized carbons (Fsp3) is 0.976. The Morgan fingerprint density at radius 3 is 1.68 bits per heavy atom. The number of ether oxygens (including phenoxy) is 5. The van der Waals surface area contributed by atoms with Gasteiger partial charge in [-0.2, -0.15) is 0 Å². The number of unbranched alkanes of at least 4 members (excludes halogenated alkanes) is 16. The molecule has 0 bridgehead atoms. The van der Waals surface area contributed by atoms with Crippen LogP contribution in [0.5, 0.6) is 0 Å². The number of hydrogen-bond acceptors (Lipinski definition) is 9. The summed E-state index contributed by atoms with van der Waals surface area (Å²) in [5.41, 5.74) is 0. The molecule has 1 aliphatic heterocycles. The normalized spacial score (nSPS) is 16.3. The van der Waals surface area contributed by atoms with Crippen LogP contribution in [0.4, 0.5) is 0 Å². The maximum absolute atomic E-state index is 12.2. The van der Waals surface area contributed by atoms with E-state index in [1.807, 2.05) is 13.8 Å². The first kappa shape index (κ1) is 60.2. The summed E-state index contributed by atoms with van der Waals surface area (Å²) >= 11 is 0. The number of esters is 1. The monoisotopic (exact) mass is 982 g/mol. The van der Waals surface area contributed by atoms with Crippen molar-refractivity contribution in [3.8, 4) is 0 Å². The molecular formula is C41H86AcO11. The van der Waals surface area contributed by atoms with E-state index in [-0.39, 0.29) is 92.5 Å². The summed E-state index contributed by atoms with van der Waals surface area (Å²) in [6.45, 7) is 12.5. The minimum absolute atomic E-state index is 0. The minimum Gasteiger partial charge on any atom is -0.462 e. The predicted molar refractivity (Wildman–Crippen MR) is 211 cm³/mol. The summed E-state index contributed by atoms with van der Waals surface area (Å²) in [6, 6.07) is 0. The van der Waals surface area contributed by atoms with Crippen LogP contribution in [-0.4, -0.2) is 102 Å². The topological polar surface area (TPSA) is 187 Å². The standard InChI is InChI=1S/C25H50O5.C16H32O4.Ac.2H2O/c1-3-5-7-9-10-11-12-14-16-18-25(28)30-24(17-15-13-8-6-4-2)19-20-29-22-23(27)21-26;1-4-5-6-7-8-9-14(17)10-11-18-12-15-13-19-16(2,3)20-15;;;/h23-24,26-27H,3-22H2,1-2H3;14-15,17H,4-13H2,1-3H3;;2*1H2/t23-,24+;14-,15-;;;/m01.../s1. The summed E-state index contributed by atoms with van der Waals surface area (Å²) in [5, 5.41) is 28.0. The zero-order valence-corrected chi connectivity index (χ0v) is 39.6. The van der Waals surface area contributed by atoms with Gasteiger partial charge in [-0.25, -0.2) is 0 Å². The van der Waals surface area contributed by atoms with Crippen molar-refractivity contribution in [3.05, 3.63) is 0 Å². The molecule has 0 aromatic carbocycles. The summed E-state index contributed by atoms with van der Waals surface area (Å²) in [6.07, 6.45) is 25.8. The van der Waals surface area contributed by atoms with E-state index in [9.17, 15) is 15.0 Å². The largest absolute Gasteiger partial charge is 0.462 e. The van der Waals surface area contributed by atoms with Crippen LogP contribution < -0.4 is 0 Å². The van der Waals surface area contributed by atoms with Crippen molar-refractivity contribution in [3.63, 3.8) is 0 Å². The van der Waals surface area contributed by atoms with Crippen LogP contribution in [0.1, 0.15) is 189 Å². The fourth-order valence-electron chi connectivity index (χ4n) is 5.96. The Labute approximate surface area is 360 Å². The first-order valence-corrected chi connectivity index (χ1v) is 20.8. The van der Waals surface area contributed by atoms with Gasteiger partial charge in [-0.05, 0) is 46.0 Å². The van der Waals surface area contributed by atoms with Crippen LogP contribution in [-0.2, 0) is 28.5 Å². The second-order valence-corrected chi connectivity index (χ2v) is 14.8. The van der Waals surface area contributed by atoms with Gasteiger partial charge in [0.25, 0.3) is 0 Å². The quantitative estimate of drug-likeness (QED) is 0.0432. The molecule has 53 heavy (non-hydrogen) atoms. The molecule has 0 saturated carbocycles. The molecule has 1 radical (unpaired) electrons. The smallest absolute Gasteiger partial charge is 0.306 e. The number of carbonyl (C=O) groups excluding carboxylic acids is 1. The van der Waals surface area contributed by atoms with Gasteiger partial charge in [0.2, 0.25) is 0 Å². The summed E-state index contributed by atoms with van der Waals surface area (Å²) in [7, 11) is 0. The van der Waals surface area contributed by atoms with Crippen molar-refractivity contribution in [2.75, 3.05) is 39.6 Å². The van der Waals surface area contributed by atoms with Crippen LogP contribution in [0.2, 0.25) is 0 Å². The van der Waals surface area contributed by atoms with Gasteiger partial charge in [0.1, 0.15) is 18.3 Å². The second-order valence-electron chi connectivity index (χ2n) is 14.8. The van der Waals surface area contributed by atoms with E-state index in [2.05, 4.69) is 20.8 Å². The number of hydrogen-bond donors (Lipinski definition) is 3. The summed E-state index contributed by atoms with van der Waals surface area (Å²) in [4.78, 5) is 12.2. The zero-order chi connectivity index (χ0) is 37.1. The van der Waals surface area contributed by atoms with E-state index in [1.54, 1.807) is 0 Å². The Balaban J connectivity index is -0.000000457. The molecule has 0 spiro atoms. The number of aliphatic hydroxyl groups excluding tert-OH is 3. The molecule has 1 aliphatic rings. The Bertz CT molecular complexity index is 732. The van der Waals surface area contributed by atoms with E-state index >= 15 is 0 Å². The van der Waals surface area contributed by atoms with Gasteiger partial charge >= 0.3 is 5.97 Å². The molecule has 7 N–H and O–H groups in total. The van der Waals surface area contributed by atoms with Crippen molar-refractivity contribution in [2.45, 2.75) is 219 Å². The third kappa shape index (κ3) is 42.0. The van der Waals surface area contributed by atoms with E-state index in [4.69, 9.17) is 28.8 Å². The van der Waals surface area contributed by atoms with E-state index in [0.29, 0.717) is 45.7 Å². The molecule has 1 rings (SSSR count). The number of rotatable bonds is 34. The average Bonchev–Trinajstić information content (AvgIpc) is 3.45. The molecule has 11 nitrogen and oxygen atoms in total. The molecule has 1 saturated heterocycles. The fourth-order valence-corrected chi connectivity index (χ4v) is 5.96. The van der Waals surface area contributed by atoms with Gasteiger partial charge in [-0.3, -0.25) is 4.79 Å². The van der Waals surface area contributed by atoms with E-state index in [1.165, 1.54) is 96.3 Å². The Morgan fingerprint density at radius 2 is 1.17 bits per heavy atom. The van der Waals surface area contributed by atoms with Gasteiger partial charge in [0.05, 0.1) is 39.1 Å². The Hall–Kier alpha value is 0.552. The van der Waals surface area contributed by atoms with Crippen molar-refractivity contribution in [1.29, 1.82) is 0 Å². The maximum Gasteiger partial charge on any atom is 0.306 e. The van der Waals surface area contributed by atoms with Crippen molar-refractivity contribution in [1.82, 2.24) is 0 Å². The molecule has 0 aliphatic carbocycles. The number of carbonyl (C=O) groups is 1. The van der Waals surface area contributed by atoms with Crippen LogP contribution in [0.15, 0.2) is 0 Å². The van der Waals surface area contributed by atoms with Crippen LogP contribution in [0, 0.1) is 44.1 Å². The van der Waals surface area contributed by atoms with Gasteiger partial charge in [0, 0.05) is 63.5 Å². The molecule has 12 heteroatoms. The SMILES string of the molecule is CCCCCCCCCCCC(=O)O[C@H](CCCCCCC)CCOC[C@@H](O)CO.CCCCCCC[C@@H](O)CCOC[C@@H]1COC(C)(C)O1.O.O.[Ac]. The predicted octanol–water partition coefficient (Wildman–Crippen LogP) is 7.56. The molecule has 1 heterocycles. The van der Waals surface area contributed by atoms with Crippen molar-refractivity contribution < 1.29 is 98.8 Å². The summed E-state index contributed by atoms with van der Waals surface area (Å²) in [5.74, 6) is -0.571. The average molecular weight is 982 g/mol. The van der Waals surface area contributed by atoms with Gasteiger partial charge < -0.3 is 50.0 Å². The third-order valence-corrected chi connectivity index (χ3v) is 9.12. The Kier molecular flexibility index (Phi) is 49.6. The van der Waals surface area contributed by atoms with Crippen LogP contribution in [0.3, 0.4) is 0 Å². The van der Waals surface area contributed by atoms with Crippen LogP contribution in [0.25, 0.3) is 0 Å². The number of aliphatic hydroxyl groups is 3. The molecule has 1 fully saturated rings. The molecular weight excluding hydrogens is 895 g/mol. The minimum atomic E-state index is -0.841. The molecule has 0 aromatic rings. The third-order valence-electron chi connectivity index (χ3n) is 9.12. The maximum atomic E-state index is 12.2. The van der Waals surface area contributed by atoms with Crippen molar-refractivity contribution >= 4 is 5.97 Å². The van der Waals surface area contributed by atoms with Gasteiger partial charge in [-0.15, -0.1) is 0 Å². The molecule has 0 amide bonds. The van der Waals surface area contributed by atoms with Gasteiger partial charge in [-0.1, -0.05) is 130 Å². The van der Waals surface area contributed by atoms with E-state index in [0.717, 1.165) is 38.5 Å². The zero-order valence-electron chi connectivity index (χ0n) is 34.9. The van der Waals surface area contributed by atoms with Gasteiger partial charge in [0.15, 0.2) is 5.79 Å². The first-order valence-electron chi connectivity index (χ1n) is 20.8. The molecule has 0 unspecified atom stereocenters. The Morgan fingerprint density at radius 1 is 0.679 bits per heavy atom. The molecule has 4 atom stereocenters. The summed E-state index contributed by atoms with van der Waals surface area (Å²) < 4.78 is 27.8. The van der Waals surface area contributed by atoms with Crippen LogP contribution >= 0.6 is 0 Å². The first-order chi connectivity index (χ1) is 24.2. The van der Waals surface area contributed by atoms with Crippen molar-refractivity contribution in [2.24, 2.45) is 0 Å². The molecule has 319 valence electrons. The molecule has 0 aromatic heterocycles. The van der Waals surface area contributed by atoms with E-state index < -0.39 is 11.9 Å². The second kappa shape index (κ2) is 43.7.